The van der Waals surface area contributed by atoms with Crippen LogP contribution in [-0.4, -0.2) is 25.5 Å². The van der Waals surface area contributed by atoms with Crippen molar-refractivity contribution in [3.63, 3.8) is 0 Å². The Bertz CT molecular complexity index is 671. The van der Waals surface area contributed by atoms with Crippen molar-refractivity contribution in [1.29, 1.82) is 0 Å². The quantitative estimate of drug-likeness (QED) is 0.658. The largest absolute Gasteiger partial charge is 0.491 e. The summed E-state index contributed by atoms with van der Waals surface area (Å²) >= 11 is 8.39. The van der Waals surface area contributed by atoms with E-state index in [1.807, 2.05) is 30.3 Å². The van der Waals surface area contributed by atoms with Gasteiger partial charge < -0.3 is 9.64 Å². The van der Waals surface area contributed by atoms with E-state index in [9.17, 15) is 4.79 Å². The van der Waals surface area contributed by atoms with Crippen LogP contribution in [-0.2, 0) is 0 Å². The van der Waals surface area contributed by atoms with E-state index in [1.165, 1.54) is 11.3 Å². The summed E-state index contributed by atoms with van der Waals surface area (Å²) in [5.41, 5.74) is 1.73. The van der Waals surface area contributed by atoms with Crippen molar-refractivity contribution in [2.45, 2.75) is 6.42 Å². The molecule has 0 spiro atoms. The van der Waals surface area contributed by atoms with Crippen LogP contribution >= 0.6 is 43.2 Å². The number of carbonyl (C=O) groups is 1. The highest BCUT2D eigenvalue weighted by Gasteiger charge is 2.21. The average molecular weight is 431 g/mol. The predicted molar refractivity (Wildman–Crippen MR) is 92.8 cm³/mol. The first-order valence-electron chi connectivity index (χ1n) is 6.60. The van der Waals surface area contributed by atoms with Crippen LogP contribution in [0.1, 0.15) is 16.8 Å². The zero-order valence-corrected chi connectivity index (χ0v) is 15.1. The Morgan fingerprint density at radius 2 is 2.14 bits per heavy atom. The fourth-order valence-corrected chi connectivity index (χ4v) is 5.21. The zero-order valence-electron chi connectivity index (χ0n) is 11.1. The Kier molecular flexibility index (Phi) is 4.66. The number of hydrogen-bond donors (Lipinski definition) is 0. The second-order valence-electron chi connectivity index (χ2n) is 4.75. The van der Waals surface area contributed by atoms with Crippen molar-refractivity contribution in [1.82, 2.24) is 0 Å². The van der Waals surface area contributed by atoms with E-state index >= 15 is 0 Å². The highest BCUT2D eigenvalue weighted by atomic mass is 79.9. The minimum atomic E-state index is 0.112. The summed E-state index contributed by atoms with van der Waals surface area (Å²) in [4.78, 5) is 14.6. The molecule has 0 atom stereocenters. The number of anilines is 1. The number of thiophene rings is 1. The second kappa shape index (κ2) is 6.50. The Hall–Kier alpha value is -0.850. The molecule has 0 saturated carbocycles. The lowest BCUT2D eigenvalue weighted by molar-refractivity contribution is 0.0999. The topological polar surface area (TPSA) is 29.5 Å². The summed E-state index contributed by atoms with van der Waals surface area (Å²) in [6, 6.07) is 9.76. The van der Waals surface area contributed by atoms with Gasteiger partial charge >= 0.3 is 0 Å². The summed E-state index contributed by atoms with van der Waals surface area (Å²) in [6.45, 7) is 1.88. The molecule has 0 bridgehead atoms. The molecule has 1 aromatic carbocycles. The monoisotopic (exact) mass is 429 g/mol. The third kappa shape index (κ3) is 3.33. The molecule has 0 saturated heterocycles. The minimum absolute atomic E-state index is 0.112. The fraction of sp³-hybridized carbons (Fsp3) is 0.267. The number of hydrogen-bond acceptors (Lipinski definition) is 4. The summed E-state index contributed by atoms with van der Waals surface area (Å²) in [5.74, 6) is 0.967. The average Bonchev–Trinajstić information content (AvgIpc) is 2.69. The summed E-state index contributed by atoms with van der Waals surface area (Å²) in [6.07, 6.45) is 0.913. The zero-order chi connectivity index (χ0) is 14.8. The molecular formula is C15H13Br2NO2S. The second-order valence-corrected chi connectivity index (χ2v) is 8.50. The number of ether oxygens (including phenoxy) is 1. The lowest BCUT2D eigenvalue weighted by atomic mass is 10.2. The van der Waals surface area contributed by atoms with Crippen LogP contribution in [0.5, 0.6) is 5.75 Å². The Morgan fingerprint density at radius 3 is 2.90 bits per heavy atom. The Morgan fingerprint density at radius 1 is 1.33 bits per heavy atom. The molecule has 0 radical (unpaired) electrons. The number of benzene rings is 1. The molecule has 0 N–H and O–H groups in total. The number of Topliss-reactive ketones (excluding diaryl/α,β-unsaturated/α-hetero) is 1. The molecule has 3 rings (SSSR count). The Labute approximate surface area is 144 Å². The number of halogens is 2. The van der Waals surface area contributed by atoms with Gasteiger partial charge in [0.05, 0.1) is 26.4 Å². The molecule has 2 aromatic rings. The molecule has 3 nitrogen and oxygen atoms in total. The van der Waals surface area contributed by atoms with Crippen LogP contribution in [0.4, 0.5) is 5.69 Å². The first-order valence-corrected chi connectivity index (χ1v) is 9.00. The van der Waals surface area contributed by atoms with Gasteiger partial charge in [0.1, 0.15) is 5.75 Å². The minimum Gasteiger partial charge on any atom is -0.491 e. The molecule has 21 heavy (non-hydrogen) atoms. The van der Waals surface area contributed by atoms with Crippen molar-refractivity contribution in [2.75, 3.05) is 24.6 Å². The van der Waals surface area contributed by atoms with E-state index in [2.05, 4.69) is 36.8 Å². The summed E-state index contributed by atoms with van der Waals surface area (Å²) < 4.78 is 7.56. The van der Waals surface area contributed by atoms with Gasteiger partial charge in [-0.05, 0) is 56.5 Å². The number of fused-ring (bicyclic) bond motifs is 1. The number of nitrogens with zero attached hydrogens (tertiary/aromatic N) is 1. The normalized spacial score (nSPS) is 14.3. The number of ketones is 1. The molecule has 1 aliphatic rings. The maximum Gasteiger partial charge on any atom is 0.184 e. The van der Waals surface area contributed by atoms with E-state index in [4.69, 9.17) is 4.74 Å². The van der Waals surface area contributed by atoms with E-state index in [0.717, 1.165) is 37.5 Å². The van der Waals surface area contributed by atoms with Crippen LogP contribution in [0.2, 0.25) is 0 Å². The van der Waals surface area contributed by atoms with Gasteiger partial charge in [0.2, 0.25) is 0 Å². The van der Waals surface area contributed by atoms with Crippen molar-refractivity contribution in [3.8, 4) is 5.75 Å². The molecular weight excluding hydrogens is 418 g/mol. The lowest BCUT2D eigenvalue weighted by Crippen LogP contribution is -2.30. The molecule has 0 unspecified atom stereocenters. The van der Waals surface area contributed by atoms with Crippen LogP contribution in [0.15, 0.2) is 37.9 Å². The smallest absolute Gasteiger partial charge is 0.184 e. The SMILES string of the molecule is O=C(CN1CCCOc2ccccc21)c1cc(Br)sc1Br. The van der Waals surface area contributed by atoms with Crippen molar-refractivity contribution < 1.29 is 9.53 Å². The van der Waals surface area contributed by atoms with Crippen molar-refractivity contribution in [3.05, 3.63) is 43.5 Å². The van der Waals surface area contributed by atoms with Gasteiger partial charge in [-0.3, -0.25) is 4.79 Å². The molecule has 0 fully saturated rings. The standard InChI is InChI=1S/C15H13Br2NO2S/c16-14-8-10(15(17)21-14)12(19)9-18-6-3-7-20-13-5-2-1-4-11(13)18/h1-2,4-5,8H,3,6-7,9H2. The Balaban J connectivity index is 1.84. The number of carbonyl (C=O) groups excluding carboxylic acids is 1. The molecule has 2 heterocycles. The van der Waals surface area contributed by atoms with Gasteiger partial charge in [0.15, 0.2) is 5.78 Å². The van der Waals surface area contributed by atoms with Crippen LogP contribution < -0.4 is 9.64 Å². The maximum absolute atomic E-state index is 12.5. The van der Waals surface area contributed by atoms with E-state index in [1.54, 1.807) is 0 Å². The summed E-state index contributed by atoms with van der Waals surface area (Å²) in [5, 5.41) is 0. The summed E-state index contributed by atoms with van der Waals surface area (Å²) in [7, 11) is 0. The van der Waals surface area contributed by atoms with Crippen LogP contribution in [0.25, 0.3) is 0 Å². The molecule has 1 aromatic heterocycles. The maximum atomic E-state index is 12.5. The molecule has 0 aliphatic carbocycles. The van der Waals surface area contributed by atoms with E-state index in [-0.39, 0.29) is 5.78 Å². The number of para-hydroxylation sites is 2. The molecule has 110 valence electrons. The van der Waals surface area contributed by atoms with Crippen LogP contribution in [0, 0.1) is 0 Å². The van der Waals surface area contributed by atoms with Gasteiger partial charge in [-0.2, -0.15) is 0 Å². The molecule has 6 heteroatoms. The number of rotatable bonds is 3. The van der Waals surface area contributed by atoms with E-state index < -0.39 is 0 Å². The van der Waals surface area contributed by atoms with Crippen molar-refractivity contribution >= 4 is 54.7 Å². The first kappa shape index (κ1) is 15.1. The van der Waals surface area contributed by atoms with Gasteiger partial charge in [0.25, 0.3) is 0 Å². The van der Waals surface area contributed by atoms with Gasteiger partial charge in [-0.1, -0.05) is 12.1 Å². The molecule has 0 amide bonds. The third-order valence-electron chi connectivity index (χ3n) is 3.33. The lowest BCUT2D eigenvalue weighted by Gasteiger charge is -2.22. The van der Waals surface area contributed by atoms with E-state index in [0.29, 0.717) is 13.2 Å². The van der Waals surface area contributed by atoms with Crippen LogP contribution in [0.3, 0.4) is 0 Å². The van der Waals surface area contributed by atoms with Gasteiger partial charge in [-0.15, -0.1) is 11.3 Å². The predicted octanol–water partition coefficient (Wildman–Crippen LogP) is 4.74. The van der Waals surface area contributed by atoms with Crippen molar-refractivity contribution in [2.24, 2.45) is 0 Å². The highest BCUT2D eigenvalue weighted by molar-refractivity contribution is 9.12. The van der Waals surface area contributed by atoms with Gasteiger partial charge in [0, 0.05) is 12.1 Å². The fourth-order valence-electron chi connectivity index (χ4n) is 2.35. The highest BCUT2D eigenvalue weighted by Crippen LogP contribution is 2.34. The molecule has 1 aliphatic heterocycles. The van der Waals surface area contributed by atoms with Gasteiger partial charge in [-0.25, -0.2) is 0 Å². The third-order valence-corrected chi connectivity index (χ3v) is 5.67. The first-order chi connectivity index (χ1) is 10.1.